The zero-order valence-electron chi connectivity index (χ0n) is 13.2. The first kappa shape index (κ1) is 14.4. The molecule has 0 spiro atoms. The summed E-state index contributed by atoms with van der Waals surface area (Å²) in [6, 6.07) is 4.31. The van der Waals surface area contributed by atoms with Crippen LogP contribution in [0.2, 0.25) is 0 Å². The number of hydrogen-bond acceptors (Lipinski definition) is 4. The van der Waals surface area contributed by atoms with E-state index in [0.29, 0.717) is 12.2 Å². The number of rotatable bonds is 2. The second-order valence-corrected chi connectivity index (χ2v) is 6.65. The zero-order chi connectivity index (χ0) is 15.2. The van der Waals surface area contributed by atoms with E-state index in [1.165, 1.54) is 11.1 Å². The van der Waals surface area contributed by atoms with Gasteiger partial charge in [0.05, 0.1) is 14.2 Å². The molecule has 3 rings (SSSR count). The molecule has 1 unspecified atom stereocenters. The lowest BCUT2D eigenvalue weighted by molar-refractivity contribution is -0.134. The van der Waals surface area contributed by atoms with E-state index in [-0.39, 0.29) is 11.5 Å². The predicted molar refractivity (Wildman–Crippen MR) is 81.0 cm³/mol. The Bertz CT molecular complexity index is 580. The van der Waals surface area contributed by atoms with Crippen LogP contribution in [0.3, 0.4) is 0 Å². The van der Waals surface area contributed by atoms with E-state index in [0.717, 1.165) is 31.0 Å². The largest absolute Gasteiger partial charge is 0.493 e. The van der Waals surface area contributed by atoms with E-state index in [4.69, 9.17) is 9.47 Å². The van der Waals surface area contributed by atoms with Crippen LogP contribution in [0.5, 0.6) is 11.5 Å². The Hall–Kier alpha value is -1.55. The topological polar surface area (TPSA) is 38.8 Å². The predicted octanol–water partition coefficient (Wildman–Crippen LogP) is 2.60. The lowest BCUT2D eigenvalue weighted by Gasteiger charge is -2.46. The van der Waals surface area contributed by atoms with Crippen LogP contribution in [0, 0.1) is 5.41 Å². The minimum absolute atomic E-state index is 0.189. The van der Waals surface area contributed by atoms with Crippen molar-refractivity contribution in [3.63, 3.8) is 0 Å². The number of ether oxygens (including phenoxy) is 2. The molecule has 2 heterocycles. The van der Waals surface area contributed by atoms with Crippen molar-refractivity contribution in [3.8, 4) is 11.5 Å². The first-order valence-electron chi connectivity index (χ1n) is 7.48. The maximum Gasteiger partial charge on any atom is 0.161 e. The minimum atomic E-state index is -0.232. The van der Waals surface area contributed by atoms with Gasteiger partial charge in [-0.05, 0) is 29.7 Å². The zero-order valence-corrected chi connectivity index (χ0v) is 13.2. The van der Waals surface area contributed by atoms with Gasteiger partial charge in [0, 0.05) is 31.0 Å². The quantitative estimate of drug-likeness (QED) is 0.839. The molecule has 4 heteroatoms. The molecule has 0 bridgehead atoms. The number of hydrogen-bond donors (Lipinski definition) is 0. The molecule has 0 saturated carbocycles. The number of piperidine rings is 1. The first-order valence-corrected chi connectivity index (χ1v) is 7.48. The number of carbonyl (C=O) groups excluding carboxylic acids is 1. The lowest BCUT2D eigenvalue weighted by Crippen LogP contribution is -2.50. The van der Waals surface area contributed by atoms with Crippen LogP contribution in [-0.4, -0.2) is 38.0 Å². The summed E-state index contributed by atoms with van der Waals surface area (Å²) in [4.78, 5) is 14.8. The van der Waals surface area contributed by atoms with Gasteiger partial charge in [0.25, 0.3) is 0 Å². The van der Waals surface area contributed by atoms with E-state index in [1.807, 2.05) is 0 Å². The summed E-state index contributed by atoms with van der Waals surface area (Å²) < 4.78 is 10.8. The average Bonchev–Trinajstić information content (AvgIpc) is 2.46. The fourth-order valence-electron chi connectivity index (χ4n) is 3.56. The molecule has 0 aliphatic carbocycles. The Labute approximate surface area is 126 Å². The molecule has 1 saturated heterocycles. The Kier molecular flexibility index (Phi) is 3.44. The molecule has 2 aliphatic rings. The van der Waals surface area contributed by atoms with Crippen molar-refractivity contribution in [2.75, 3.05) is 27.3 Å². The summed E-state index contributed by atoms with van der Waals surface area (Å²) in [7, 11) is 3.31. The van der Waals surface area contributed by atoms with Crippen LogP contribution in [-0.2, 0) is 11.2 Å². The highest BCUT2D eigenvalue weighted by Crippen LogP contribution is 2.43. The number of methoxy groups -OCH3 is 2. The number of fused-ring (bicyclic) bond motifs is 3. The van der Waals surface area contributed by atoms with E-state index >= 15 is 0 Å². The summed E-state index contributed by atoms with van der Waals surface area (Å²) in [5.74, 6) is 1.87. The SMILES string of the molecule is COc1cc2c(cc1OC)C1CC(=O)C(C)(C)CN1CC2. The van der Waals surface area contributed by atoms with E-state index in [2.05, 4.69) is 30.9 Å². The highest BCUT2D eigenvalue weighted by Gasteiger charge is 2.42. The first-order chi connectivity index (χ1) is 9.96. The van der Waals surface area contributed by atoms with Crippen molar-refractivity contribution in [2.45, 2.75) is 32.7 Å². The fraction of sp³-hybridized carbons (Fsp3) is 0.588. The highest BCUT2D eigenvalue weighted by molar-refractivity contribution is 5.86. The van der Waals surface area contributed by atoms with Crippen LogP contribution in [0.1, 0.15) is 37.4 Å². The second-order valence-electron chi connectivity index (χ2n) is 6.65. The van der Waals surface area contributed by atoms with Crippen molar-refractivity contribution >= 4 is 5.78 Å². The molecule has 1 fully saturated rings. The molecular weight excluding hydrogens is 266 g/mol. The van der Waals surface area contributed by atoms with Gasteiger partial charge in [-0.25, -0.2) is 0 Å². The Balaban J connectivity index is 2.01. The average molecular weight is 289 g/mol. The van der Waals surface area contributed by atoms with Gasteiger partial charge in [-0.3, -0.25) is 9.69 Å². The maximum atomic E-state index is 12.4. The molecule has 0 N–H and O–H groups in total. The molecule has 1 aromatic carbocycles. The van der Waals surface area contributed by atoms with Crippen LogP contribution < -0.4 is 9.47 Å². The molecule has 21 heavy (non-hydrogen) atoms. The third-order valence-corrected chi connectivity index (χ3v) is 4.85. The molecule has 114 valence electrons. The van der Waals surface area contributed by atoms with E-state index < -0.39 is 0 Å². The number of nitrogens with zero attached hydrogens (tertiary/aromatic N) is 1. The number of benzene rings is 1. The standard InChI is InChI=1S/C17H23NO3/c1-17(2)10-18-6-5-11-7-14(20-3)15(21-4)8-12(11)13(18)9-16(17)19/h7-8,13H,5-6,9-10H2,1-4H3. The number of ketones is 1. The van der Waals surface area contributed by atoms with E-state index in [9.17, 15) is 4.79 Å². The number of Topliss-reactive ketones (excluding diaryl/α,β-unsaturated/α-hetero) is 1. The maximum absolute atomic E-state index is 12.4. The Morgan fingerprint density at radius 3 is 2.52 bits per heavy atom. The lowest BCUT2D eigenvalue weighted by atomic mass is 9.76. The highest BCUT2D eigenvalue weighted by atomic mass is 16.5. The second kappa shape index (κ2) is 5.02. The normalized spacial score (nSPS) is 24.2. The van der Waals surface area contributed by atoms with Crippen LogP contribution >= 0.6 is 0 Å². The Morgan fingerprint density at radius 2 is 1.86 bits per heavy atom. The van der Waals surface area contributed by atoms with E-state index in [1.54, 1.807) is 14.2 Å². The van der Waals surface area contributed by atoms with Crippen molar-refractivity contribution in [1.82, 2.24) is 4.90 Å². The summed E-state index contributed by atoms with van der Waals surface area (Å²) in [6.07, 6.45) is 1.59. The third-order valence-electron chi connectivity index (χ3n) is 4.85. The van der Waals surface area contributed by atoms with Crippen molar-refractivity contribution in [3.05, 3.63) is 23.3 Å². The summed E-state index contributed by atoms with van der Waals surface area (Å²) in [6.45, 7) is 5.94. The molecule has 0 aromatic heterocycles. The van der Waals surface area contributed by atoms with Gasteiger partial charge in [0.1, 0.15) is 5.78 Å². The minimum Gasteiger partial charge on any atom is -0.493 e. The molecule has 1 atom stereocenters. The molecule has 4 nitrogen and oxygen atoms in total. The van der Waals surface area contributed by atoms with Crippen molar-refractivity contribution in [2.24, 2.45) is 5.41 Å². The van der Waals surface area contributed by atoms with Gasteiger partial charge in [0.2, 0.25) is 0 Å². The number of carbonyl (C=O) groups is 1. The summed E-state index contributed by atoms with van der Waals surface area (Å²) in [5, 5.41) is 0. The van der Waals surface area contributed by atoms with Crippen LogP contribution in [0.25, 0.3) is 0 Å². The Morgan fingerprint density at radius 1 is 1.19 bits per heavy atom. The van der Waals surface area contributed by atoms with Gasteiger partial charge in [0.15, 0.2) is 11.5 Å². The molecule has 2 aliphatic heterocycles. The van der Waals surface area contributed by atoms with Gasteiger partial charge in [-0.15, -0.1) is 0 Å². The molecule has 0 radical (unpaired) electrons. The smallest absolute Gasteiger partial charge is 0.161 e. The summed E-state index contributed by atoms with van der Waals surface area (Å²) in [5.41, 5.74) is 2.27. The fourth-order valence-corrected chi connectivity index (χ4v) is 3.56. The van der Waals surface area contributed by atoms with Crippen LogP contribution in [0.15, 0.2) is 12.1 Å². The molecular formula is C17H23NO3. The molecule has 0 amide bonds. The molecule has 1 aromatic rings. The van der Waals surface area contributed by atoms with Crippen molar-refractivity contribution in [1.29, 1.82) is 0 Å². The third kappa shape index (κ3) is 2.31. The van der Waals surface area contributed by atoms with Crippen molar-refractivity contribution < 1.29 is 14.3 Å². The van der Waals surface area contributed by atoms with Gasteiger partial charge >= 0.3 is 0 Å². The van der Waals surface area contributed by atoms with Gasteiger partial charge in [-0.1, -0.05) is 13.8 Å². The van der Waals surface area contributed by atoms with Gasteiger partial charge in [-0.2, -0.15) is 0 Å². The van der Waals surface area contributed by atoms with Gasteiger partial charge < -0.3 is 9.47 Å². The van der Waals surface area contributed by atoms with Crippen LogP contribution in [0.4, 0.5) is 0 Å². The summed E-state index contributed by atoms with van der Waals surface area (Å²) >= 11 is 0. The monoisotopic (exact) mass is 289 g/mol.